The first-order chi connectivity index (χ1) is 20.0. The number of nitrogens with zero attached hydrogens (tertiary/aromatic N) is 5. The highest BCUT2D eigenvalue weighted by Gasteiger charge is 2.30. The van der Waals surface area contributed by atoms with E-state index in [0.717, 1.165) is 22.6 Å². The quantitative estimate of drug-likeness (QED) is 0.276. The highest BCUT2D eigenvalue weighted by atomic mass is 32.2. The van der Waals surface area contributed by atoms with Crippen LogP contribution in [0.3, 0.4) is 0 Å². The maximum Gasteiger partial charge on any atom is 0.233 e. The molecule has 0 saturated carbocycles. The van der Waals surface area contributed by atoms with E-state index in [2.05, 4.69) is 10.2 Å². The van der Waals surface area contributed by atoms with Crippen LogP contribution in [0, 0.1) is 0 Å². The number of carbonyl (C=O) groups is 2. The van der Waals surface area contributed by atoms with Crippen LogP contribution in [0.15, 0.2) is 84.0 Å². The molecular formula is C31H33N5O4S. The van der Waals surface area contributed by atoms with Crippen LogP contribution in [0.2, 0.25) is 0 Å². The smallest absolute Gasteiger partial charge is 0.233 e. The lowest BCUT2D eigenvalue weighted by Crippen LogP contribution is -2.56. The molecule has 41 heavy (non-hydrogen) atoms. The minimum Gasteiger partial charge on any atom is -0.497 e. The topological polar surface area (TPSA) is 89.8 Å². The summed E-state index contributed by atoms with van der Waals surface area (Å²) in [7, 11) is 3.25. The van der Waals surface area contributed by atoms with E-state index in [9.17, 15) is 9.59 Å². The van der Waals surface area contributed by atoms with E-state index in [-0.39, 0.29) is 23.6 Å². The molecule has 0 N–H and O–H groups in total. The second-order valence-corrected chi connectivity index (χ2v) is 10.7. The van der Waals surface area contributed by atoms with E-state index < -0.39 is 0 Å². The number of hydrogen-bond donors (Lipinski definition) is 0. The molecule has 2 amide bonds. The fourth-order valence-corrected chi connectivity index (χ4v) is 5.78. The third-order valence-electron chi connectivity index (χ3n) is 7.12. The molecule has 0 radical (unpaired) electrons. The number of carbonyl (C=O) groups excluding carboxylic acids is 2. The van der Waals surface area contributed by atoms with Crippen LogP contribution in [0.4, 0.5) is 0 Å². The maximum absolute atomic E-state index is 13.3. The lowest BCUT2D eigenvalue weighted by molar-refractivity contribution is -0.140. The Hall–Kier alpha value is -4.31. The largest absolute Gasteiger partial charge is 0.497 e. The number of benzene rings is 3. The molecule has 1 aromatic heterocycles. The molecule has 0 spiro atoms. The summed E-state index contributed by atoms with van der Waals surface area (Å²) in [5.41, 5.74) is 2.69. The van der Waals surface area contributed by atoms with Crippen molar-refractivity contribution in [3.8, 4) is 28.6 Å². The molecule has 5 rings (SSSR count). The van der Waals surface area contributed by atoms with Gasteiger partial charge in [-0.3, -0.25) is 14.2 Å². The molecule has 212 valence electrons. The van der Waals surface area contributed by atoms with Crippen molar-refractivity contribution in [2.45, 2.75) is 24.5 Å². The third kappa shape index (κ3) is 6.54. The van der Waals surface area contributed by atoms with Crippen molar-refractivity contribution >= 4 is 23.6 Å². The first-order valence-electron chi connectivity index (χ1n) is 13.4. The van der Waals surface area contributed by atoms with Gasteiger partial charge in [0.2, 0.25) is 11.8 Å². The van der Waals surface area contributed by atoms with Crippen LogP contribution in [-0.2, 0) is 16.0 Å². The Labute approximate surface area is 244 Å². The van der Waals surface area contributed by atoms with E-state index in [1.165, 1.54) is 11.8 Å². The minimum absolute atomic E-state index is 0.00391. The van der Waals surface area contributed by atoms with Crippen LogP contribution < -0.4 is 9.47 Å². The number of methoxy groups -OCH3 is 2. The molecule has 4 aromatic rings. The van der Waals surface area contributed by atoms with Gasteiger partial charge in [-0.15, -0.1) is 10.2 Å². The zero-order chi connectivity index (χ0) is 28.8. The van der Waals surface area contributed by atoms with Gasteiger partial charge in [-0.05, 0) is 48.9 Å². The fraction of sp³-hybridized carbons (Fsp3) is 0.290. The molecule has 1 aliphatic rings. The predicted octanol–water partition coefficient (Wildman–Crippen LogP) is 4.35. The molecule has 2 heterocycles. The molecule has 0 bridgehead atoms. The Morgan fingerprint density at radius 2 is 1.63 bits per heavy atom. The first-order valence-corrected chi connectivity index (χ1v) is 14.4. The average molecular weight is 572 g/mol. The van der Waals surface area contributed by atoms with E-state index in [1.807, 2.05) is 100 Å². The van der Waals surface area contributed by atoms with E-state index in [4.69, 9.17) is 9.47 Å². The maximum atomic E-state index is 13.3. The van der Waals surface area contributed by atoms with E-state index >= 15 is 0 Å². The molecule has 1 unspecified atom stereocenters. The average Bonchev–Trinajstić information content (AvgIpc) is 3.44. The molecule has 3 aromatic carbocycles. The second-order valence-electron chi connectivity index (χ2n) is 9.80. The molecule has 10 heteroatoms. The van der Waals surface area contributed by atoms with Gasteiger partial charge in [-0.2, -0.15) is 0 Å². The summed E-state index contributed by atoms with van der Waals surface area (Å²) in [6.07, 6.45) is 0.367. The van der Waals surface area contributed by atoms with Crippen molar-refractivity contribution in [3.63, 3.8) is 0 Å². The Kier molecular flexibility index (Phi) is 8.88. The number of ether oxygens (including phenoxy) is 2. The minimum atomic E-state index is -0.0588. The SMILES string of the molecule is COc1ccc(-n2c(SCC(=O)N3CCN(C(=O)Cc4ccccc4)C(C)C3)nnc2-c2cccc(OC)c2)cc1. The van der Waals surface area contributed by atoms with Crippen molar-refractivity contribution in [2.75, 3.05) is 39.6 Å². The van der Waals surface area contributed by atoms with Crippen LogP contribution in [-0.4, -0.2) is 82.0 Å². The summed E-state index contributed by atoms with van der Waals surface area (Å²) in [5, 5.41) is 9.54. The highest BCUT2D eigenvalue weighted by molar-refractivity contribution is 7.99. The first kappa shape index (κ1) is 28.2. The normalized spacial score (nSPS) is 15.0. The standard InChI is InChI=1S/C31H33N5O4S/c1-22-20-34(16-17-35(22)28(37)18-23-8-5-4-6-9-23)29(38)21-41-31-33-32-30(24-10-7-11-27(19-24)40-3)36(31)25-12-14-26(39-2)15-13-25/h4-15,19,22H,16-18,20-21H2,1-3H3. The highest BCUT2D eigenvalue weighted by Crippen LogP contribution is 2.30. The van der Waals surface area contributed by atoms with Crippen molar-refractivity contribution in [3.05, 3.63) is 84.4 Å². The molecule has 1 fully saturated rings. The summed E-state index contributed by atoms with van der Waals surface area (Å²) < 4.78 is 12.7. The summed E-state index contributed by atoms with van der Waals surface area (Å²) in [4.78, 5) is 29.9. The van der Waals surface area contributed by atoms with Crippen LogP contribution in [0.5, 0.6) is 11.5 Å². The van der Waals surface area contributed by atoms with Gasteiger partial charge in [-0.25, -0.2) is 0 Å². The lowest BCUT2D eigenvalue weighted by atomic mass is 10.1. The van der Waals surface area contributed by atoms with Crippen LogP contribution in [0.1, 0.15) is 12.5 Å². The number of amides is 2. The number of rotatable bonds is 9. The molecule has 1 saturated heterocycles. The summed E-state index contributed by atoms with van der Waals surface area (Å²) in [6, 6.07) is 25.0. The zero-order valence-corrected chi connectivity index (χ0v) is 24.2. The van der Waals surface area contributed by atoms with Gasteiger partial charge < -0.3 is 19.3 Å². The summed E-state index contributed by atoms with van der Waals surface area (Å²) in [5.74, 6) is 2.39. The molecular weight excluding hydrogens is 538 g/mol. The van der Waals surface area contributed by atoms with Crippen LogP contribution in [0.25, 0.3) is 17.1 Å². The van der Waals surface area contributed by atoms with Gasteiger partial charge in [0.25, 0.3) is 0 Å². The van der Waals surface area contributed by atoms with Gasteiger partial charge in [0.1, 0.15) is 11.5 Å². The van der Waals surface area contributed by atoms with Gasteiger partial charge in [0.05, 0.1) is 26.4 Å². The van der Waals surface area contributed by atoms with Crippen LogP contribution >= 0.6 is 11.8 Å². The van der Waals surface area contributed by atoms with E-state index in [1.54, 1.807) is 14.2 Å². The second kappa shape index (κ2) is 12.9. The zero-order valence-electron chi connectivity index (χ0n) is 23.4. The van der Waals surface area contributed by atoms with Gasteiger partial charge >= 0.3 is 0 Å². The molecule has 9 nitrogen and oxygen atoms in total. The van der Waals surface area contributed by atoms with Gasteiger partial charge in [-0.1, -0.05) is 54.2 Å². The Bertz CT molecular complexity index is 1490. The third-order valence-corrected chi connectivity index (χ3v) is 8.03. The summed E-state index contributed by atoms with van der Waals surface area (Å²) >= 11 is 1.34. The number of aromatic nitrogens is 3. The lowest BCUT2D eigenvalue weighted by Gasteiger charge is -2.40. The fourth-order valence-electron chi connectivity index (χ4n) is 4.92. The number of piperazine rings is 1. The summed E-state index contributed by atoms with van der Waals surface area (Å²) in [6.45, 7) is 3.52. The monoisotopic (exact) mass is 571 g/mol. The Balaban J connectivity index is 1.28. The number of hydrogen-bond acceptors (Lipinski definition) is 7. The van der Waals surface area contributed by atoms with Crippen molar-refractivity contribution in [2.24, 2.45) is 0 Å². The van der Waals surface area contributed by atoms with Gasteiger partial charge in [0.15, 0.2) is 11.0 Å². The Morgan fingerprint density at radius 1 is 0.878 bits per heavy atom. The molecule has 1 atom stereocenters. The van der Waals surface area contributed by atoms with Crippen molar-refractivity contribution < 1.29 is 19.1 Å². The van der Waals surface area contributed by atoms with E-state index in [0.29, 0.717) is 42.8 Å². The predicted molar refractivity (Wildman–Crippen MR) is 159 cm³/mol. The van der Waals surface area contributed by atoms with Gasteiger partial charge in [0, 0.05) is 36.9 Å². The Morgan fingerprint density at radius 3 is 2.34 bits per heavy atom. The molecule has 0 aliphatic carbocycles. The number of thioether (sulfide) groups is 1. The van der Waals surface area contributed by atoms with Crippen molar-refractivity contribution in [1.29, 1.82) is 0 Å². The molecule has 1 aliphatic heterocycles. The van der Waals surface area contributed by atoms with Crippen molar-refractivity contribution in [1.82, 2.24) is 24.6 Å².